The molecule has 158 valence electrons. The Balaban J connectivity index is 1.77. The van der Waals surface area contributed by atoms with Gasteiger partial charge in [0.15, 0.2) is 0 Å². The summed E-state index contributed by atoms with van der Waals surface area (Å²) < 4.78 is 41.2. The summed E-state index contributed by atoms with van der Waals surface area (Å²) in [6.07, 6.45) is -1.14. The molecule has 0 aliphatic rings. The first kappa shape index (κ1) is 21.6. The third kappa shape index (κ3) is 4.54. The standard InChI is InChI=1S/C19H17ClF3N5O2/c1-12(13-3-5-15(6-4-13)28-11-24-10-25-28)26(2)17(29)9-27-8-14(19(21,22)23)7-16(20)18(27)30/h3-8,10-12H,9H2,1-2H3/t12-/m0/s1. The summed E-state index contributed by atoms with van der Waals surface area (Å²) in [5.74, 6) is -0.541. The van der Waals surface area contributed by atoms with Crippen LogP contribution in [0.1, 0.15) is 24.1 Å². The maximum absolute atomic E-state index is 13.0. The minimum Gasteiger partial charge on any atom is -0.337 e. The second kappa shape index (κ2) is 8.31. The van der Waals surface area contributed by atoms with Crippen LogP contribution in [-0.2, 0) is 17.5 Å². The number of benzene rings is 1. The predicted molar refractivity (Wildman–Crippen MR) is 103 cm³/mol. The van der Waals surface area contributed by atoms with Crippen molar-refractivity contribution in [3.63, 3.8) is 0 Å². The highest BCUT2D eigenvalue weighted by Gasteiger charge is 2.32. The van der Waals surface area contributed by atoms with Crippen molar-refractivity contribution in [3.05, 3.63) is 75.7 Å². The topological polar surface area (TPSA) is 73.0 Å². The predicted octanol–water partition coefficient (Wildman–Crippen LogP) is 3.32. The first-order chi connectivity index (χ1) is 14.1. The van der Waals surface area contributed by atoms with Gasteiger partial charge in [0, 0.05) is 13.2 Å². The molecule has 30 heavy (non-hydrogen) atoms. The molecule has 0 radical (unpaired) electrons. The van der Waals surface area contributed by atoms with E-state index in [9.17, 15) is 22.8 Å². The van der Waals surface area contributed by atoms with Crippen LogP contribution in [0.3, 0.4) is 0 Å². The fraction of sp³-hybridized carbons (Fsp3) is 0.263. The number of pyridine rings is 1. The second-order valence-corrected chi connectivity index (χ2v) is 7.03. The fourth-order valence-corrected chi connectivity index (χ4v) is 3.04. The van der Waals surface area contributed by atoms with Crippen molar-refractivity contribution in [2.75, 3.05) is 7.05 Å². The maximum atomic E-state index is 13.0. The van der Waals surface area contributed by atoms with Crippen LogP contribution >= 0.6 is 11.6 Å². The summed E-state index contributed by atoms with van der Waals surface area (Å²) >= 11 is 5.63. The molecule has 0 N–H and O–H groups in total. The molecule has 0 saturated carbocycles. The van der Waals surface area contributed by atoms with Crippen LogP contribution in [0.4, 0.5) is 13.2 Å². The number of alkyl halides is 3. The van der Waals surface area contributed by atoms with Crippen molar-refractivity contribution < 1.29 is 18.0 Å². The lowest BCUT2D eigenvalue weighted by molar-refractivity contribution is -0.138. The average Bonchev–Trinajstić information content (AvgIpc) is 3.24. The Bertz CT molecular complexity index is 1090. The lowest BCUT2D eigenvalue weighted by Crippen LogP contribution is -2.36. The Labute approximate surface area is 174 Å². The molecule has 2 aromatic heterocycles. The zero-order chi connectivity index (χ0) is 22.1. The van der Waals surface area contributed by atoms with Crippen molar-refractivity contribution in [2.45, 2.75) is 25.7 Å². The highest BCUT2D eigenvalue weighted by molar-refractivity contribution is 6.30. The Hall–Kier alpha value is -3.14. The zero-order valence-electron chi connectivity index (χ0n) is 16.0. The second-order valence-electron chi connectivity index (χ2n) is 6.62. The summed E-state index contributed by atoms with van der Waals surface area (Å²) in [7, 11) is 1.51. The smallest absolute Gasteiger partial charge is 0.337 e. The molecule has 3 aromatic rings. The molecular weight excluding hydrogens is 423 g/mol. The van der Waals surface area contributed by atoms with E-state index in [0.717, 1.165) is 11.3 Å². The summed E-state index contributed by atoms with van der Waals surface area (Å²) in [4.78, 5) is 29.9. The molecule has 0 unspecified atom stereocenters. The molecule has 0 aliphatic carbocycles. The van der Waals surface area contributed by atoms with Gasteiger partial charge in [-0.05, 0) is 30.7 Å². The molecule has 0 aliphatic heterocycles. The minimum atomic E-state index is -4.69. The van der Waals surface area contributed by atoms with Gasteiger partial charge in [-0.15, -0.1) is 0 Å². The molecular formula is C19H17ClF3N5O2. The first-order valence-corrected chi connectivity index (χ1v) is 9.13. The van der Waals surface area contributed by atoms with Crippen molar-refractivity contribution in [3.8, 4) is 5.69 Å². The molecule has 0 spiro atoms. The molecule has 0 fully saturated rings. The van der Waals surface area contributed by atoms with E-state index < -0.39 is 34.8 Å². The van der Waals surface area contributed by atoms with Crippen molar-refractivity contribution in [2.24, 2.45) is 0 Å². The van der Waals surface area contributed by atoms with Gasteiger partial charge in [-0.25, -0.2) is 9.67 Å². The van der Waals surface area contributed by atoms with E-state index in [1.165, 1.54) is 18.3 Å². The van der Waals surface area contributed by atoms with E-state index in [1.54, 1.807) is 42.2 Å². The van der Waals surface area contributed by atoms with E-state index in [1.807, 2.05) is 0 Å². The van der Waals surface area contributed by atoms with Gasteiger partial charge >= 0.3 is 6.18 Å². The van der Waals surface area contributed by atoms with E-state index in [2.05, 4.69) is 10.1 Å². The number of rotatable bonds is 5. The number of amides is 1. The van der Waals surface area contributed by atoms with Crippen LogP contribution in [-0.4, -0.2) is 37.2 Å². The highest BCUT2D eigenvalue weighted by atomic mass is 35.5. The van der Waals surface area contributed by atoms with Gasteiger partial charge < -0.3 is 9.47 Å². The lowest BCUT2D eigenvalue weighted by Gasteiger charge is -2.26. The fourth-order valence-electron chi connectivity index (χ4n) is 2.82. The van der Waals surface area contributed by atoms with Crippen LogP contribution in [0.2, 0.25) is 5.02 Å². The molecule has 3 rings (SSSR count). The maximum Gasteiger partial charge on any atom is 0.417 e. The Kier molecular flexibility index (Phi) is 5.97. The third-order valence-electron chi connectivity index (χ3n) is 4.71. The van der Waals surface area contributed by atoms with E-state index >= 15 is 0 Å². The minimum absolute atomic E-state index is 0.390. The van der Waals surface area contributed by atoms with E-state index in [-0.39, 0.29) is 6.04 Å². The molecule has 11 heteroatoms. The van der Waals surface area contributed by atoms with Crippen LogP contribution in [0.15, 0.2) is 54.0 Å². The number of hydrogen-bond donors (Lipinski definition) is 0. The van der Waals surface area contributed by atoms with Crippen molar-refractivity contribution in [1.29, 1.82) is 0 Å². The van der Waals surface area contributed by atoms with E-state index in [0.29, 0.717) is 16.8 Å². The Morgan fingerprint density at radius 3 is 2.50 bits per heavy atom. The van der Waals surface area contributed by atoms with Crippen molar-refractivity contribution in [1.82, 2.24) is 24.2 Å². The zero-order valence-corrected chi connectivity index (χ0v) is 16.7. The molecule has 0 bridgehead atoms. The average molecular weight is 440 g/mol. The van der Waals surface area contributed by atoms with Gasteiger partial charge in [0.05, 0.1) is 17.3 Å². The van der Waals surface area contributed by atoms with Gasteiger partial charge in [-0.3, -0.25) is 9.59 Å². The number of hydrogen-bond acceptors (Lipinski definition) is 4. The molecule has 7 nitrogen and oxygen atoms in total. The SMILES string of the molecule is C[C@@H](c1ccc(-n2cncn2)cc1)N(C)C(=O)Cn1cc(C(F)(F)F)cc(Cl)c1=O. The van der Waals surface area contributed by atoms with Gasteiger partial charge in [-0.1, -0.05) is 23.7 Å². The molecule has 0 saturated heterocycles. The number of halogens is 4. The lowest BCUT2D eigenvalue weighted by atomic mass is 10.1. The first-order valence-electron chi connectivity index (χ1n) is 8.75. The number of nitrogens with zero attached hydrogens (tertiary/aromatic N) is 5. The molecule has 2 heterocycles. The van der Waals surface area contributed by atoms with Crippen LogP contribution < -0.4 is 5.56 Å². The van der Waals surface area contributed by atoms with Gasteiger partial charge in [0.2, 0.25) is 5.91 Å². The van der Waals surface area contributed by atoms with Crippen LogP contribution in [0.5, 0.6) is 0 Å². The summed E-state index contributed by atoms with van der Waals surface area (Å²) in [5.41, 5.74) is -0.387. The summed E-state index contributed by atoms with van der Waals surface area (Å²) in [5, 5.41) is 3.43. The Morgan fingerprint density at radius 1 is 1.27 bits per heavy atom. The Morgan fingerprint density at radius 2 is 1.93 bits per heavy atom. The van der Waals surface area contributed by atoms with Crippen molar-refractivity contribution >= 4 is 17.5 Å². The van der Waals surface area contributed by atoms with E-state index in [4.69, 9.17) is 11.6 Å². The largest absolute Gasteiger partial charge is 0.417 e. The quantitative estimate of drug-likeness (QED) is 0.611. The number of carbonyl (C=O) groups excluding carboxylic acids is 1. The van der Waals surface area contributed by atoms with Gasteiger partial charge in [-0.2, -0.15) is 18.3 Å². The molecule has 1 atom stereocenters. The molecule has 1 amide bonds. The summed E-state index contributed by atoms with van der Waals surface area (Å²) in [6, 6.07) is 7.37. The monoisotopic (exact) mass is 439 g/mol. The summed E-state index contributed by atoms with van der Waals surface area (Å²) in [6.45, 7) is 1.20. The third-order valence-corrected chi connectivity index (χ3v) is 4.98. The number of aromatic nitrogens is 4. The van der Waals surface area contributed by atoms with Crippen LogP contribution in [0, 0.1) is 0 Å². The normalized spacial score (nSPS) is 12.6. The van der Waals surface area contributed by atoms with Crippen LogP contribution in [0.25, 0.3) is 5.69 Å². The van der Waals surface area contributed by atoms with Gasteiger partial charge in [0.1, 0.15) is 24.2 Å². The highest BCUT2D eigenvalue weighted by Crippen LogP contribution is 2.29. The number of carbonyl (C=O) groups is 1. The van der Waals surface area contributed by atoms with Gasteiger partial charge in [0.25, 0.3) is 5.56 Å². The molecule has 1 aromatic carbocycles. The number of likely N-dealkylation sites (N-methyl/N-ethyl adjacent to an activating group) is 1.